The summed E-state index contributed by atoms with van der Waals surface area (Å²) in [5.41, 5.74) is 1.51. The Morgan fingerprint density at radius 2 is 1.73 bits per heavy atom. The molecule has 26 heavy (non-hydrogen) atoms. The van der Waals surface area contributed by atoms with Gasteiger partial charge < -0.3 is 10.6 Å². The van der Waals surface area contributed by atoms with Gasteiger partial charge in [-0.2, -0.15) is 0 Å². The summed E-state index contributed by atoms with van der Waals surface area (Å²) < 4.78 is 27.4. The van der Waals surface area contributed by atoms with Crippen molar-refractivity contribution in [3.05, 3.63) is 77.8 Å². The molecule has 0 atom stereocenters. The van der Waals surface area contributed by atoms with Crippen LogP contribution in [0.15, 0.2) is 54.9 Å². The van der Waals surface area contributed by atoms with Gasteiger partial charge in [-0.25, -0.2) is 18.7 Å². The highest BCUT2D eigenvalue weighted by atomic mass is 19.1. The van der Waals surface area contributed by atoms with Gasteiger partial charge in [0.15, 0.2) is 0 Å². The number of aromatic nitrogens is 2. The molecule has 132 valence electrons. The van der Waals surface area contributed by atoms with E-state index in [1.807, 2.05) is 19.1 Å². The van der Waals surface area contributed by atoms with Crippen molar-refractivity contribution >= 4 is 23.1 Å². The van der Waals surface area contributed by atoms with E-state index in [0.717, 1.165) is 30.4 Å². The first-order valence-corrected chi connectivity index (χ1v) is 8.00. The van der Waals surface area contributed by atoms with Crippen LogP contribution in [-0.4, -0.2) is 15.9 Å². The third kappa shape index (κ3) is 4.00. The lowest BCUT2D eigenvalue weighted by atomic mass is 10.1. The fraction of sp³-hybridized carbons (Fsp3) is 0.105. The molecule has 0 unspecified atom stereocenters. The van der Waals surface area contributed by atoms with Gasteiger partial charge >= 0.3 is 0 Å². The number of halogens is 2. The molecule has 0 saturated carbocycles. The van der Waals surface area contributed by atoms with Crippen LogP contribution in [0.2, 0.25) is 0 Å². The van der Waals surface area contributed by atoms with Crippen LogP contribution in [0.1, 0.15) is 23.0 Å². The van der Waals surface area contributed by atoms with Gasteiger partial charge in [0.05, 0.1) is 0 Å². The Hall–Kier alpha value is -3.35. The van der Waals surface area contributed by atoms with E-state index in [4.69, 9.17) is 0 Å². The van der Waals surface area contributed by atoms with E-state index in [2.05, 4.69) is 20.6 Å². The normalized spacial score (nSPS) is 10.4. The van der Waals surface area contributed by atoms with Crippen molar-refractivity contribution in [2.45, 2.75) is 13.3 Å². The Balaban J connectivity index is 1.76. The second-order valence-corrected chi connectivity index (χ2v) is 5.51. The lowest BCUT2D eigenvalue weighted by Crippen LogP contribution is -2.14. The quantitative estimate of drug-likeness (QED) is 0.716. The number of carbonyl (C=O) groups excluding carboxylic acids is 1. The minimum Gasteiger partial charge on any atom is -0.335 e. The molecule has 0 fully saturated rings. The summed E-state index contributed by atoms with van der Waals surface area (Å²) in [6.45, 7) is 2.04. The van der Waals surface area contributed by atoms with Crippen LogP contribution in [-0.2, 0) is 6.42 Å². The highest BCUT2D eigenvalue weighted by Crippen LogP contribution is 2.22. The molecule has 3 rings (SSSR count). The second-order valence-electron chi connectivity index (χ2n) is 5.51. The van der Waals surface area contributed by atoms with Crippen LogP contribution in [0, 0.1) is 11.6 Å². The van der Waals surface area contributed by atoms with E-state index in [1.54, 1.807) is 12.1 Å². The van der Waals surface area contributed by atoms with Crippen molar-refractivity contribution in [3.63, 3.8) is 0 Å². The molecule has 2 N–H and O–H groups in total. The Kier molecular flexibility index (Phi) is 5.17. The van der Waals surface area contributed by atoms with Crippen molar-refractivity contribution in [2.24, 2.45) is 0 Å². The first-order chi connectivity index (χ1) is 12.6. The lowest BCUT2D eigenvalue weighted by molar-refractivity contribution is 0.102. The molecular formula is C19H16F2N4O. The van der Waals surface area contributed by atoms with Crippen LogP contribution in [0.3, 0.4) is 0 Å². The Morgan fingerprint density at radius 3 is 2.38 bits per heavy atom. The van der Waals surface area contributed by atoms with E-state index in [0.29, 0.717) is 5.69 Å². The van der Waals surface area contributed by atoms with Gasteiger partial charge in [0.25, 0.3) is 5.91 Å². The molecule has 1 amide bonds. The predicted molar refractivity (Wildman–Crippen MR) is 95.4 cm³/mol. The van der Waals surface area contributed by atoms with Crippen LogP contribution < -0.4 is 10.6 Å². The fourth-order valence-corrected chi connectivity index (χ4v) is 2.31. The third-order valence-corrected chi connectivity index (χ3v) is 3.74. The molecule has 0 radical (unpaired) electrons. The summed E-state index contributed by atoms with van der Waals surface area (Å²) in [5, 5.41) is 5.25. The van der Waals surface area contributed by atoms with E-state index < -0.39 is 17.5 Å². The molecular weight excluding hydrogens is 338 g/mol. The number of rotatable bonds is 5. The first kappa shape index (κ1) is 17.5. The largest absolute Gasteiger partial charge is 0.335 e. The van der Waals surface area contributed by atoms with Crippen molar-refractivity contribution < 1.29 is 13.6 Å². The zero-order valence-corrected chi connectivity index (χ0v) is 14.0. The molecule has 0 aliphatic rings. The molecule has 7 heteroatoms. The van der Waals surface area contributed by atoms with E-state index >= 15 is 0 Å². The van der Waals surface area contributed by atoms with Crippen molar-refractivity contribution in [3.8, 4) is 0 Å². The summed E-state index contributed by atoms with van der Waals surface area (Å²) in [4.78, 5) is 20.1. The second kappa shape index (κ2) is 7.69. The Labute approximate surface area is 149 Å². The topological polar surface area (TPSA) is 66.9 Å². The number of aryl methyl sites for hydroxylation is 1. The highest BCUT2D eigenvalue weighted by molar-refractivity contribution is 6.03. The van der Waals surface area contributed by atoms with Crippen molar-refractivity contribution in [1.29, 1.82) is 0 Å². The average molecular weight is 354 g/mol. The summed E-state index contributed by atoms with van der Waals surface area (Å²) in [7, 11) is 0. The van der Waals surface area contributed by atoms with E-state index in [-0.39, 0.29) is 17.2 Å². The molecule has 1 aromatic heterocycles. The molecule has 2 aromatic carbocycles. The summed E-state index contributed by atoms with van der Waals surface area (Å²) >= 11 is 0. The minimum absolute atomic E-state index is 0.0683. The molecule has 0 bridgehead atoms. The monoisotopic (exact) mass is 354 g/mol. The van der Waals surface area contributed by atoms with Gasteiger partial charge in [-0.05, 0) is 36.2 Å². The maximum absolute atomic E-state index is 13.7. The number of hydrogen-bond donors (Lipinski definition) is 2. The standard InChI is InChI=1S/C19H16F2N4O/c1-2-12-6-8-13(9-7-12)24-19(26)16-10-17(23-11-22-16)25-18-14(20)4-3-5-15(18)21/h3-11H,2H2,1H3,(H,24,26)(H,22,23,25). The number of anilines is 3. The van der Waals surface area contributed by atoms with Crippen LogP contribution in [0.4, 0.5) is 26.0 Å². The molecule has 0 aliphatic heterocycles. The maximum Gasteiger partial charge on any atom is 0.274 e. The zero-order chi connectivity index (χ0) is 18.5. The number of amides is 1. The lowest BCUT2D eigenvalue weighted by Gasteiger charge is -2.09. The number of hydrogen-bond acceptors (Lipinski definition) is 4. The molecule has 0 spiro atoms. The predicted octanol–water partition coefficient (Wildman–Crippen LogP) is 4.31. The molecule has 0 saturated heterocycles. The van der Waals surface area contributed by atoms with Gasteiger partial charge in [-0.1, -0.05) is 25.1 Å². The van der Waals surface area contributed by atoms with Crippen molar-refractivity contribution in [1.82, 2.24) is 9.97 Å². The Morgan fingerprint density at radius 1 is 1.04 bits per heavy atom. The van der Waals surface area contributed by atoms with Crippen LogP contribution >= 0.6 is 0 Å². The average Bonchev–Trinajstić information content (AvgIpc) is 2.66. The number of para-hydroxylation sites is 1. The van der Waals surface area contributed by atoms with Gasteiger partial charge in [0.1, 0.15) is 35.2 Å². The molecule has 3 aromatic rings. The highest BCUT2D eigenvalue weighted by Gasteiger charge is 2.12. The van der Waals surface area contributed by atoms with E-state index in [1.165, 1.54) is 12.1 Å². The van der Waals surface area contributed by atoms with Gasteiger partial charge in [0.2, 0.25) is 0 Å². The van der Waals surface area contributed by atoms with Gasteiger partial charge in [0, 0.05) is 11.8 Å². The smallest absolute Gasteiger partial charge is 0.274 e. The zero-order valence-electron chi connectivity index (χ0n) is 14.0. The molecule has 0 aliphatic carbocycles. The molecule has 1 heterocycles. The van der Waals surface area contributed by atoms with Crippen LogP contribution in [0.5, 0.6) is 0 Å². The number of nitrogens with zero attached hydrogens (tertiary/aromatic N) is 2. The number of benzene rings is 2. The SMILES string of the molecule is CCc1ccc(NC(=O)c2cc(Nc3c(F)cccc3F)ncn2)cc1. The van der Waals surface area contributed by atoms with E-state index in [9.17, 15) is 13.6 Å². The van der Waals surface area contributed by atoms with Crippen molar-refractivity contribution in [2.75, 3.05) is 10.6 Å². The first-order valence-electron chi connectivity index (χ1n) is 8.00. The number of nitrogens with one attached hydrogen (secondary N) is 2. The van der Waals surface area contributed by atoms with Gasteiger partial charge in [-0.15, -0.1) is 0 Å². The molecule has 5 nitrogen and oxygen atoms in total. The number of carbonyl (C=O) groups is 1. The summed E-state index contributed by atoms with van der Waals surface area (Å²) in [6.07, 6.45) is 2.05. The Bertz CT molecular complexity index is 909. The van der Waals surface area contributed by atoms with Crippen LogP contribution in [0.25, 0.3) is 0 Å². The third-order valence-electron chi connectivity index (χ3n) is 3.74. The fourth-order valence-electron chi connectivity index (χ4n) is 2.31. The minimum atomic E-state index is -0.759. The maximum atomic E-state index is 13.7. The van der Waals surface area contributed by atoms with Gasteiger partial charge in [-0.3, -0.25) is 4.79 Å². The summed E-state index contributed by atoms with van der Waals surface area (Å²) in [5.74, 6) is -1.86. The summed E-state index contributed by atoms with van der Waals surface area (Å²) in [6, 6.07) is 12.3.